The van der Waals surface area contributed by atoms with Crippen molar-refractivity contribution in [3.63, 3.8) is 0 Å². The Balaban J connectivity index is 1.53. The number of pyridine rings is 1. The fraction of sp³-hybridized carbons (Fsp3) is 0.500. The normalized spacial score (nSPS) is 22.2. The molecular weight excluding hydrogens is 620 g/mol. The molecule has 1 aliphatic heterocycles. The Labute approximate surface area is 288 Å². The van der Waals surface area contributed by atoms with Crippen molar-refractivity contribution in [2.45, 2.75) is 88.9 Å². The molecule has 49 heavy (non-hydrogen) atoms. The van der Waals surface area contributed by atoms with Gasteiger partial charge in [-0.2, -0.15) is 0 Å². The average molecular weight is 671 g/mol. The quantitative estimate of drug-likeness (QED) is 0.196. The van der Waals surface area contributed by atoms with Crippen LogP contribution in [0.5, 0.6) is 0 Å². The van der Waals surface area contributed by atoms with E-state index in [-0.39, 0.29) is 24.6 Å². The van der Waals surface area contributed by atoms with Gasteiger partial charge in [-0.25, -0.2) is 4.98 Å². The number of nitrogens with two attached hydrogens (primary N) is 2. The highest BCUT2D eigenvalue weighted by molar-refractivity contribution is 6.01. The third-order valence-corrected chi connectivity index (χ3v) is 10.2. The number of carbonyl (C=O) groups excluding carboxylic acids is 4. The number of benzene rings is 2. The van der Waals surface area contributed by atoms with Crippen LogP contribution in [0, 0.1) is 17.8 Å². The van der Waals surface area contributed by atoms with E-state index in [9.17, 15) is 24.3 Å². The van der Waals surface area contributed by atoms with E-state index in [2.05, 4.69) is 15.6 Å². The van der Waals surface area contributed by atoms with Crippen LogP contribution in [0.25, 0.3) is 10.9 Å². The third kappa shape index (κ3) is 8.63. The van der Waals surface area contributed by atoms with Crippen molar-refractivity contribution < 1.29 is 24.3 Å². The van der Waals surface area contributed by atoms with Gasteiger partial charge in [0.05, 0.1) is 24.1 Å². The number of aliphatic hydroxyl groups is 1. The van der Waals surface area contributed by atoms with Crippen LogP contribution >= 0.6 is 0 Å². The molecule has 0 radical (unpaired) electrons. The maximum Gasteiger partial charge on any atom is 0.270 e. The summed E-state index contributed by atoms with van der Waals surface area (Å²) in [6, 6.07) is 19.3. The van der Waals surface area contributed by atoms with E-state index in [1.807, 2.05) is 68.1 Å². The summed E-state index contributed by atoms with van der Waals surface area (Å²) in [5.74, 6) is -3.04. The highest BCUT2D eigenvalue weighted by Gasteiger charge is 2.51. The first-order valence-corrected chi connectivity index (χ1v) is 17.3. The first kappa shape index (κ1) is 35.9. The Morgan fingerprint density at radius 3 is 2.27 bits per heavy atom. The number of hydrogen-bond acceptors (Lipinski definition) is 7. The number of aliphatic hydroxyl groups excluding tert-OH is 1. The fourth-order valence-electron chi connectivity index (χ4n) is 7.83. The maximum absolute atomic E-state index is 13.9. The number of carbonyl (C=O) groups is 4. The second kappa shape index (κ2) is 15.0. The van der Waals surface area contributed by atoms with Crippen LogP contribution in [-0.2, 0) is 20.8 Å². The van der Waals surface area contributed by atoms with Crippen LogP contribution < -0.4 is 22.1 Å². The number of piperidine rings is 1. The molecule has 5 rings (SSSR count). The van der Waals surface area contributed by atoms with Gasteiger partial charge < -0.3 is 27.2 Å². The Bertz CT molecular complexity index is 1660. The molecule has 3 aromatic rings. The Morgan fingerprint density at radius 2 is 1.59 bits per heavy atom. The van der Waals surface area contributed by atoms with Crippen LogP contribution in [-0.4, -0.2) is 74.9 Å². The molecular formula is C38H50N6O5. The van der Waals surface area contributed by atoms with Crippen molar-refractivity contribution >= 4 is 34.5 Å². The van der Waals surface area contributed by atoms with E-state index < -0.39 is 53.3 Å². The van der Waals surface area contributed by atoms with Crippen molar-refractivity contribution in [2.24, 2.45) is 29.2 Å². The van der Waals surface area contributed by atoms with E-state index in [1.165, 1.54) is 6.07 Å². The van der Waals surface area contributed by atoms with Crippen LogP contribution in [0.4, 0.5) is 0 Å². The SMILES string of the molecule is CC(C)(C)NC(=O)[C@@H]1CC2CCCCC2CN1C[C@H](O)[C@@H](Cc1ccccc1)C(CC(N)=O)(NC(=O)c1ccc2ccccc2n1)C(N)=O. The van der Waals surface area contributed by atoms with Crippen LogP contribution in [0.3, 0.4) is 0 Å². The molecule has 0 bridgehead atoms. The fourth-order valence-corrected chi connectivity index (χ4v) is 7.83. The number of primary amides is 2. The number of rotatable bonds is 12. The number of hydrogen-bond donors (Lipinski definition) is 5. The highest BCUT2D eigenvalue weighted by Crippen LogP contribution is 2.40. The van der Waals surface area contributed by atoms with Crippen LogP contribution in [0.1, 0.15) is 75.3 Å². The Hall–Kier alpha value is -4.35. The minimum absolute atomic E-state index is 0.0139. The van der Waals surface area contributed by atoms with E-state index in [4.69, 9.17) is 11.5 Å². The predicted octanol–water partition coefficient (Wildman–Crippen LogP) is 3.08. The van der Waals surface area contributed by atoms with Crippen molar-refractivity contribution in [2.75, 3.05) is 13.1 Å². The number of fused-ring (bicyclic) bond motifs is 2. The third-order valence-electron chi connectivity index (χ3n) is 10.2. The molecule has 3 unspecified atom stereocenters. The van der Waals surface area contributed by atoms with Crippen molar-refractivity contribution in [1.82, 2.24) is 20.5 Å². The topological polar surface area (TPSA) is 181 Å². The standard InChI is InChI=1S/C38H50N6O5/c1-37(2,3)42-35(48)31-20-26-14-7-8-15-27(26)22-44(31)23-32(45)28(19-24-11-5-4-6-12-24)38(36(40)49,21-33(39)46)43-34(47)30-18-17-25-13-9-10-16-29(25)41-30/h4-6,9-13,16-18,26-28,31-32,45H,7-8,14-15,19-23H2,1-3H3,(H2,39,46)(H2,40,49)(H,42,48)(H,43,47)/t26?,27?,28-,31+,32+,38?/m1/s1. The predicted molar refractivity (Wildman–Crippen MR) is 188 cm³/mol. The molecule has 1 saturated heterocycles. The van der Waals surface area contributed by atoms with Crippen molar-refractivity contribution in [1.29, 1.82) is 0 Å². The van der Waals surface area contributed by atoms with Gasteiger partial charge >= 0.3 is 0 Å². The number of nitrogens with one attached hydrogen (secondary N) is 2. The van der Waals surface area contributed by atoms with E-state index in [0.717, 1.165) is 36.6 Å². The lowest BCUT2D eigenvalue weighted by atomic mass is 9.71. The lowest BCUT2D eigenvalue weighted by molar-refractivity contribution is -0.137. The first-order chi connectivity index (χ1) is 23.3. The van der Waals surface area contributed by atoms with Crippen molar-refractivity contribution in [3.8, 4) is 0 Å². The number of aromatic nitrogens is 1. The Morgan fingerprint density at radius 1 is 0.918 bits per heavy atom. The summed E-state index contributed by atoms with van der Waals surface area (Å²) in [5, 5.41) is 19.0. The molecule has 2 fully saturated rings. The summed E-state index contributed by atoms with van der Waals surface area (Å²) in [6.45, 7) is 6.43. The molecule has 7 N–H and O–H groups in total. The Kier molecular flexibility index (Phi) is 11.0. The van der Waals surface area contributed by atoms with Gasteiger partial charge in [-0.3, -0.25) is 24.1 Å². The van der Waals surface area contributed by atoms with E-state index in [0.29, 0.717) is 30.3 Å². The van der Waals surface area contributed by atoms with Gasteiger partial charge in [0.1, 0.15) is 11.2 Å². The summed E-state index contributed by atoms with van der Waals surface area (Å²) >= 11 is 0. The highest BCUT2D eigenvalue weighted by atomic mass is 16.3. The van der Waals surface area contributed by atoms with Gasteiger partial charge in [0.2, 0.25) is 17.7 Å². The zero-order chi connectivity index (χ0) is 35.3. The minimum atomic E-state index is -2.09. The summed E-state index contributed by atoms with van der Waals surface area (Å²) in [5.41, 5.74) is 10.7. The molecule has 262 valence electrons. The molecule has 6 atom stereocenters. The zero-order valence-corrected chi connectivity index (χ0v) is 28.7. The first-order valence-electron chi connectivity index (χ1n) is 17.3. The molecule has 2 aromatic carbocycles. The molecule has 1 saturated carbocycles. The van der Waals surface area contributed by atoms with Gasteiger partial charge in [0.15, 0.2) is 0 Å². The number of nitrogens with zero attached hydrogens (tertiary/aromatic N) is 2. The molecule has 2 heterocycles. The summed E-state index contributed by atoms with van der Waals surface area (Å²) in [6.07, 6.45) is 3.16. The lowest BCUT2D eigenvalue weighted by Gasteiger charge is -2.48. The van der Waals surface area contributed by atoms with Gasteiger partial charge in [-0.05, 0) is 69.6 Å². The zero-order valence-electron chi connectivity index (χ0n) is 28.7. The molecule has 1 aliphatic carbocycles. The van der Waals surface area contributed by atoms with Crippen LogP contribution in [0.15, 0.2) is 66.7 Å². The number of amides is 4. The number of likely N-dealkylation sites (tertiary alicyclic amines) is 1. The largest absolute Gasteiger partial charge is 0.391 e. The van der Waals surface area contributed by atoms with Crippen LogP contribution in [0.2, 0.25) is 0 Å². The van der Waals surface area contributed by atoms with Crippen molar-refractivity contribution in [3.05, 3.63) is 78.0 Å². The molecule has 11 nitrogen and oxygen atoms in total. The number of para-hydroxylation sites is 1. The molecule has 4 amide bonds. The molecule has 1 aromatic heterocycles. The summed E-state index contributed by atoms with van der Waals surface area (Å²) in [4.78, 5) is 60.5. The van der Waals surface area contributed by atoms with E-state index >= 15 is 0 Å². The molecule has 2 aliphatic rings. The molecule has 0 spiro atoms. The second-order valence-electron chi connectivity index (χ2n) is 14.9. The summed E-state index contributed by atoms with van der Waals surface area (Å²) in [7, 11) is 0. The molecule has 11 heteroatoms. The monoisotopic (exact) mass is 670 g/mol. The van der Waals surface area contributed by atoms with Gasteiger partial charge in [0.25, 0.3) is 5.91 Å². The van der Waals surface area contributed by atoms with E-state index in [1.54, 1.807) is 18.2 Å². The lowest BCUT2D eigenvalue weighted by Crippen LogP contribution is -2.67. The smallest absolute Gasteiger partial charge is 0.270 e. The van der Waals surface area contributed by atoms with Gasteiger partial charge in [-0.15, -0.1) is 0 Å². The number of β-amino-alcohol motifs (C(OH)–C–C–N with tert-alkyl or cyclic N) is 1. The van der Waals surface area contributed by atoms with Gasteiger partial charge in [-0.1, -0.05) is 73.9 Å². The minimum Gasteiger partial charge on any atom is -0.391 e. The summed E-state index contributed by atoms with van der Waals surface area (Å²) < 4.78 is 0. The maximum atomic E-state index is 13.9. The average Bonchev–Trinajstić information content (AvgIpc) is 3.05. The van der Waals surface area contributed by atoms with Gasteiger partial charge in [0, 0.05) is 29.9 Å². The second-order valence-corrected chi connectivity index (χ2v) is 14.9.